The van der Waals surface area contributed by atoms with Gasteiger partial charge >= 0.3 is 0 Å². The van der Waals surface area contributed by atoms with Crippen LogP contribution in [0.5, 0.6) is 0 Å². The van der Waals surface area contributed by atoms with Gasteiger partial charge in [-0.25, -0.2) is 4.68 Å². The van der Waals surface area contributed by atoms with Crippen molar-refractivity contribution in [2.75, 3.05) is 13.1 Å². The molecule has 0 unspecified atom stereocenters. The van der Waals surface area contributed by atoms with E-state index in [-0.39, 0.29) is 17.7 Å². The quantitative estimate of drug-likeness (QED) is 0.603. The summed E-state index contributed by atoms with van der Waals surface area (Å²) < 4.78 is 1.83. The summed E-state index contributed by atoms with van der Waals surface area (Å²) in [6.45, 7) is 1.34. The molecule has 8 heteroatoms. The summed E-state index contributed by atoms with van der Waals surface area (Å²) in [4.78, 5) is 31.1. The van der Waals surface area contributed by atoms with E-state index in [9.17, 15) is 9.59 Å². The van der Waals surface area contributed by atoms with Gasteiger partial charge < -0.3 is 10.6 Å². The molecular formula is C25H23N5O2S. The van der Waals surface area contributed by atoms with E-state index < -0.39 is 0 Å². The number of amidine groups is 1. The predicted octanol–water partition coefficient (Wildman–Crippen LogP) is 3.71. The van der Waals surface area contributed by atoms with Crippen molar-refractivity contribution >= 4 is 34.8 Å². The number of para-hydroxylation sites is 1. The Balaban J connectivity index is 1.43. The number of amides is 2. The molecule has 2 aliphatic heterocycles. The normalized spacial score (nSPS) is 18.1. The molecule has 7 nitrogen and oxygen atoms in total. The van der Waals surface area contributed by atoms with Crippen LogP contribution >= 0.6 is 11.8 Å². The maximum Gasteiger partial charge on any atom is 0.286 e. The first-order valence-electron chi connectivity index (χ1n) is 10.9. The molecule has 2 amide bonds. The number of benzene rings is 2. The first-order valence-corrected chi connectivity index (χ1v) is 11.7. The van der Waals surface area contributed by atoms with Crippen LogP contribution in [-0.4, -0.2) is 44.8 Å². The minimum atomic E-state index is -0.254. The number of piperidine rings is 1. The van der Waals surface area contributed by atoms with E-state index >= 15 is 0 Å². The van der Waals surface area contributed by atoms with Crippen molar-refractivity contribution in [1.82, 2.24) is 14.7 Å². The lowest BCUT2D eigenvalue weighted by atomic mass is 9.97. The molecule has 2 N–H and O–H groups in total. The van der Waals surface area contributed by atoms with E-state index in [0.29, 0.717) is 36.0 Å². The molecule has 0 saturated carbocycles. The Morgan fingerprint density at radius 2 is 1.70 bits per heavy atom. The highest BCUT2D eigenvalue weighted by atomic mass is 32.2. The highest BCUT2D eigenvalue weighted by Crippen LogP contribution is 2.34. The van der Waals surface area contributed by atoms with Crippen LogP contribution in [0.25, 0.3) is 23.0 Å². The molecule has 0 radical (unpaired) electrons. The van der Waals surface area contributed by atoms with Gasteiger partial charge in [-0.1, -0.05) is 48.5 Å². The van der Waals surface area contributed by atoms with Crippen LogP contribution in [0.1, 0.15) is 18.4 Å². The number of primary amides is 1. The largest absolute Gasteiger partial charge is 0.369 e. The number of thioether (sulfide) groups is 1. The van der Waals surface area contributed by atoms with Crippen LogP contribution in [0.15, 0.2) is 76.8 Å². The third kappa shape index (κ3) is 4.47. The molecule has 166 valence electrons. The maximum absolute atomic E-state index is 12.7. The topological polar surface area (TPSA) is 93.6 Å². The number of carbonyl (C=O) groups is 2. The van der Waals surface area contributed by atoms with Gasteiger partial charge in [0.1, 0.15) is 0 Å². The van der Waals surface area contributed by atoms with Gasteiger partial charge in [0.25, 0.3) is 5.91 Å². The van der Waals surface area contributed by atoms with Crippen LogP contribution < -0.4 is 5.73 Å². The van der Waals surface area contributed by atoms with Crippen molar-refractivity contribution in [1.29, 1.82) is 0 Å². The van der Waals surface area contributed by atoms with Crippen LogP contribution in [0, 0.1) is 5.92 Å². The lowest BCUT2D eigenvalue weighted by Gasteiger charge is -2.31. The molecule has 0 spiro atoms. The summed E-state index contributed by atoms with van der Waals surface area (Å²) in [5.41, 5.74) is 9.01. The minimum absolute atomic E-state index is 0.101. The van der Waals surface area contributed by atoms with Crippen LogP contribution in [0.3, 0.4) is 0 Å². The molecule has 0 aliphatic carbocycles. The Hall–Kier alpha value is -3.65. The van der Waals surface area contributed by atoms with E-state index in [2.05, 4.69) is 9.89 Å². The Morgan fingerprint density at radius 1 is 1.03 bits per heavy atom. The molecule has 2 aromatic carbocycles. The van der Waals surface area contributed by atoms with E-state index in [0.717, 1.165) is 22.5 Å². The Labute approximate surface area is 196 Å². The number of nitrogens with zero attached hydrogens (tertiary/aromatic N) is 4. The number of hydrogen-bond donors (Lipinski definition) is 1. The number of aliphatic imine (C=N–C) groups is 1. The van der Waals surface area contributed by atoms with Crippen LogP contribution in [0.4, 0.5) is 0 Å². The van der Waals surface area contributed by atoms with Gasteiger partial charge in [-0.2, -0.15) is 10.1 Å². The first-order chi connectivity index (χ1) is 16.1. The fourth-order valence-electron chi connectivity index (χ4n) is 4.06. The summed E-state index contributed by atoms with van der Waals surface area (Å²) in [5, 5.41) is 5.50. The van der Waals surface area contributed by atoms with Gasteiger partial charge in [0.05, 0.1) is 16.3 Å². The third-order valence-corrected chi connectivity index (χ3v) is 6.92. The van der Waals surface area contributed by atoms with Crippen molar-refractivity contribution in [3.05, 3.63) is 77.3 Å². The second-order valence-corrected chi connectivity index (χ2v) is 9.06. The minimum Gasteiger partial charge on any atom is -0.369 e. The summed E-state index contributed by atoms with van der Waals surface area (Å²) in [5.74, 6) is -0.606. The lowest BCUT2D eigenvalue weighted by Crippen LogP contribution is -2.40. The molecular weight excluding hydrogens is 434 g/mol. The maximum atomic E-state index is 12.7. The van der Waals surface area contributed by atoms with E-state index in [4.69, 9.17) is 10.8 Å². The van der Waals surface area contributed by atoms with Crippen LogP contribution in [-0.2, 0) is 9.59 Å². The Bertz CT molecular complexity index is 1240. The zero-order valence-corrected chi connectivity index (χ0v) is 18.7. The second-order valence-electron chi connectivity index (χ2n) is 8.05. The zero-order chi connectivity index (χ0) is 22.8. The average molecular weight is 458 g/mol. The van der Waals surface area contributed by atoms with Gasteiger partial charge in [0.15, 0.2) is 5.17 Å². The van der Waals surface area contributed by atoms with Crippen molar-refractivity contribution in [3.63, 3.8) is 0 Å². The van der Waals surface area contributed by atoms with Gasteiger partial charge in [0.2, 0.25) is 5.91 Å². The fourth-order valence-corrected chi connectivity index (χ4v) is 5.01. The van der Waals surface area contributed by atoms with Gasteiger partial charge in [-0.15, -0.1) is 0 Å². The number of aromatic nitrogens is 2. The SMILES string of the molecule is NC(=O)C1CCN(C2=NC(=O)/C(=C/c3cn(-c4ccccc4)nc3-c3ccccc3)S2)CC1. The Morgan fingerprint density at radius 3 is 2.36 bits per heavy atom. The highest BCUT2D eigenvalue weighted by Gasteiger charge is 2.30. The molecule has 1 fully saturated rings. The third-order valence-electron chi connectivity index (χ3n) is 5.87. The number of hydrogen-bond acceptors (Lipinski definition) is 5. The first kappa shape index (κ1) is 21.2. The van der Waals surface area contributed by atoms with Gasteiger partial charge in [-0.3, -0.25) is 9.59 Å². The molecule has 3 aromatic rings. The summed E-state index contributed by atoms with van der Waals surface area (Å²) in [6, 6.07) is 19.8. The fraction of sp³-hybridized carbons (Fsp3) is 0.200. The molecule has 1 saturated heterocycles. The summed E-state index contributed by atoms with van der Waals surface area (Å²) >= 11 is 1.37. The number of rotatable bonds is 4. The van der Waals surface area contributed by atoms with Crippen molar-refractivity contribution in [2.24, 2.45) is 16.6 Å². The Kier molecular flexibility index (Phi) is 5.83. The van der Waals surface area contributed by atoms with Gasteiger partial charge in [-0.05, 0) is 42.8 Å². The molecule has 0 atom stereocenters. The summed E-state index contributed by atoms with van der Waals surface area (Å²) in [7, 11) is 0. The van der Waals surface area contributed by atoms with Crippen molar-refractivity contribution < 1.29 is 9.59 Å². The highest BCUT2D eigenvalue weighted by molar-refractivity contribution is 8.18. The molecule has 2 aliphatic rings. The average Bonchev–Trinajstić information content (AvgIpc) is 3.44. The van der Waals surface area contributed by atoms with Gasteiger partial charge in [0, 0.05) is 36.3 Å². The monoisotopic (exact) mass is 457 g/mol. The van der Waals surface area contributed by atoms with E-state index in [1.165, 1.54) is 11.8 Å². The standard InChI is InChI=1S/C25H23N5O2S/c26-23(31)18-11-13-29(14-12-18)25-27-24(32)21(33-25)15-19-16-30(20-9-5-2-6-10-20)28-22(19)17-7-3-1-4-8-17/h1-10,15-16,18H,11-14H2,(H2,26,31)/b21-15-. The van der Waals surface area contributed by atoms with Crippen molar-refractivity contribution in [2.45, 2.75) is 12.8 Å². The molecule has 1 aromatic heterocycles. The molecule has 3 heterocycles. The predicted molar refractivity (Wildman–Crippen MR) is 131 cm³/mol. The summed E-state index contributed by atoms with van der Waals surface area (Å²) in [6.07, 6.45) is 5.18. The number of nitrogens with two attached hydrogens (primary N) is 1. The molecule has 5 rings (SSSR count). The molecule has 0 bridgehead atoms. The molecule has 33 heavy (non-hydrogen) atoms. The van der Waals surface area contributed by atoms with E-state index in [1.807, 2.05) is 77.6 Å². The second kappa shape index (κ2) is 9.07. The van der Waals surface area contributed by atoms with E-state index in [1.54, 1.807) is 0 Å². The van der Waals surface area contributed by atoms with Crippen molar-refractivity contribution in [3.8, 4) is 16.9 Å². The lowest BCUT2D eigenvalue weighted by molar-refractivity contribution is -0.123. The number of likely N-dealkylation sites (tertiary alicyclic amines) is 1. The smallest absolute Gasteiger partial charge is 0.286 e. The number of carbonyl (C=O) groups excluding carboxylic acids is 2. The van der Waals surface area contributed by atoms with Crippen LogP contribution in [0.2, 0.25) is 0 Å². The zero-order valence-electron chi connectivity index (χ0n) is 17.9.